The molecule has 0 spiro atoms. The van der Waals surface area contributed by atoms with Crippen molar-refractivity contribution in [1.29, 1.82) is 0 Å². The molecule has 2 bridgehead atoms. The highest BCUT2D eigenvalue weighted by Crippen LogP contribution is 2.52. The van der Waals surface area contributed by atoms with Crippen molar-refractivity contribution in [2.75, 3.05) is 0 Å². The number of hydrogen-bond acceptors (Lipinski definition) is 0. The van der Waals surface area contributed by atoms with E-state index in [0.29, 0.717) is 0 Å². The maximum absolute atomic E-state index is 6.85. The van der Waals surface area contributed by atoms with Crippen molar-refractivity contribution in [2.45, 2.75) is 44.4 Å². The van der Waals surface area contributed by atoms with Gasteiger partial charge in [-0.3, -0.25) is 0 Å². The zero-order valence-corrected chi connectivity index (χ0v) is 13.4. The van der Waals surface area contributed by atoms with E-state index in [2.05, 4.69) is 43.3 Å². The number of hydrogen-bond donors (Lipinski definition) is 0. The number of alkyl halides is 1. The molecule has 4 unspecified atom stereocenters. The molecule has 110 valence electrons. The Morgan fingerprint density at radius 1 is 1.05 bits per heavy atom. The second-order valence-corrected chi connectivity index (χ2v) is 7.68. The first-order valence-corrected chi connectivity index (χ1v) is 8.78. The van der Waals surface area contributed by atoms with E-state index in [0.717, 1.165) is 24.2 Å². The molecule has 0 amide bonds. The molecular formula is C20H23Cl. The monoisotopic (exact) mass is 298 g/mol. The second-order valence-electron chi connectivity index (χ2n) is 7.16. The van der Waals surface area contributed by atoms with Gasteiger partial charge >= 0.3 is 0 Å². The zero-order valence-electron chi connectivity index (χ0n) is 12.7. The van der Waals surface area contributed by atoms with Crippen LogP contribution in [0.2, 0.25) is 0 Å². The van der Waals surface area contributed by atoms with Crippen molar-refractivity contribution in [2.24, 2.45) is 17.8 Å². The van der Waals surface area contributed by atoms with Gasteiger partial charge in [0.1, 0.15) is 0 Å². The van der Waals surface area contributed by atoms with Gasteiger partial charge in [-0.1, -0.05) is 42.8 Å². The van der Waals surface area contributed by atoms with Crippen LogP contribution < -0.4 is 0 Å². The molecule has 2 aromatic carbocycles. The molecule has 2 aromatic rings. The quantitative estimate of drug-likeness (QED) is 0.587. The lowest BCUT2D eigenvalue weighted by Gasteiger charge is -2.24. The van der Waals surface area contributed by atoms with Gasteiger partial charge in [-0.05, 0) is 72.3 Å². The highest BCUT2D eigenvalue weighted by molar-refractivity contribution is 6.21. The maximum atomic E-state index is 6.85. The van der Waals surface area contributed by atoms with E-state index >= 15 is 0 Å². The van der Waals surface area contributed by atoms with Crippen LogP contribution in [0.15, 0.2) is 36.4 Å². The Balaban J connectivity index is 1.62. The van der Waals surface area contributed by atoms with Gasteiger partial charge in [0, 0.05) is 0 Å². The molecule has 0 saturated heterocycles. The van der Waals surface area contributed by atoms with Crippen molar-refractivity contribution < 1.29 is 0 Å². The van der Waals surface area contributed by atoms with Crippen LogP contribution >= 0.6 is 11.6 Å². The first-order valence-electron chi connectivity index (χ1n) is 8.34. The van der Waals surface area contributed by atoms with Gasteiger partial charge in [-0.2, -0.15) is 0 Å². The predicted octanol–water partition coefficient (Wildman–Crippen LogP) is 6.25. The second kappa shape index (κ2) is 5.32. The smallest absolute Gasteiger partial charge is 0.0594 e. The zero-order chi connectivity index (χ0) is 14.4. The van der Waals surface area contributed by atoms with Crippen LogP contribution in [0.1, 0.15) is 48.6 Å². The van der Waals surface area contributed by atoms with Gasteiger partial charge in [-0.25, -0.2) is 0 Å². The lowest BCUT2D eigenvalue weighted by Crippen LogP contribution is -2.12. The third kappa shape index (κ3) is 2.38. The van der Waals surface area contributed by atoms with Crippen molar-refractivity contribution >= 4 is 22.4 Å². The summed E-state index contributed by atoms with van der Waals surface area (Å²) >= 11 is 6.85. The van der Waals surface area contributed by atoms with Crippen molar-refractivity contribution in [3.05, 3.63) is 47.5 Å². The third-order valence-electron chi connectivity index (χ3n) is 5.91. The first-order chi connectivity index (χ1) is 10.2. The summed E-state index contributed by atoms with van der Waals surface area (Å²) < 4.78 is 0. The topological polar surface area (TPSA) is 0 Å². The Morgan fingerprint density at radius 2 is 1.86 bits per heavy atom. The lowest BCUT2D eigenvalue weighted by molar-refractivity contribution is 0.312. The molecule has 0 nitrogen and oxygen atoms in total. The summed E-state index contributed by atoms with van der Waals surface area (Å²) in [6, 6.07) is 13.2. The fourth-order valence-electron chi connectivity index (χ4n) is 4.80. The highest BCUT2D eigenvalue weighted by Gasteiger charge is 2.40. The van der Waals surface area contributed by atoms with E-state index in [1.165, 1.54) is 47.6 Å². The summed E-state index contributed by atoms with van der Waals surface area (Å²) in [5.74, 6) is 2.85. The molecule has 0 heterocycles. The summed E-state index contributed by atoms with van der Waals surface area (Å²) in [5.41, 5.74) is 2.68. The maximum Gasteiger partial charge on any atom is 0.0594 e. The van der Waals surface area contributed by atoms with Crippen LogP contribution in [0.25, 0.3) is 10.8 Å². The molecular weight excluding hydrogens is 276 g/mol. The Bertz CT molecular complexity index is 660. The van der Waals surface area contributed by atoms with Gasteiger partial charge in [0.05, 0.1) is 5.38 Å². The van der Waals surface area contributed by atoms with Gasteiger partial charge in [0.2, 0.25) is 0 Å². The van der Waals surface area contributed by atoms with Crippen LogP contribution in [0.3, 0.4) is 0 Å². The number of benzene rings is 2. The van der Waals surface area contributed by atoms with Gasteiger partial charge in [0.15, 0.2) is 0 Å². The van der Waals surface area contributed by atoms with Gasteiger partial charge in [0.25, 0.3) is 0 Å². The van der Waals surface area contributed by atoms with Crippen LogP contribution in [0.5, 0.6) is 0 Å². The van der Waals surface area contributed by atoms with E-state index in [9.17, 15) is 0 Å². The summed E-state index contributed by atoms with van der Waals surface area (Å²) in [6.07, 6.45) is 6.99. The van der Waals surface area contributed by atoms with Crippen LogP contribution in [0, 0.1) is 24.7 Å². The minimum absolute atomic E-state index is 0.167. The molecule has 2 aliphatic rings. The van der Waals surface area contributed by atoms with E-state index in [-0.39, 0.29) is 5.38 Å². The van der Waals surface area contributed by atoms with Crippen LogP contribution in [-0.4, -0.2) is 0 Å². The molecule has 2 saturated carbocycles. The van der Waals surface area contributed by atoms with E-state index in [1.807, 2.05) is 0 Å². The summed E-state index contributed by atoms with van der Waals surface area (Å²) in [7, 11) is 0. The molecule has 21 heavy (non-hydrogen) atoms. The molecule has 2 fully saturated rings. The predicted molar refractivity (Wildman–Crippen MR) is 90.8 cm³/mol. The standard InChI is InChI=1S/C20H23Cl/c1-13-6-9-19(18-5-3-2-4-17(13)18)20(21)12-16-11-14-7-8-15(16)10-14/h2-6,9,14-16,20H,7-8,10-12H2,1H3. The SMILES string of the molecule is Cc1ccc(C(Cl)CC2CC3CCC2C3)c2ccccc12. The minimum atomic E-state index is 0.167. The molecule has 0 N–H and O–H groups in total. The Morgan fingerprint density at radius 3 is 2.57 bits per heavy atom. The van der Waals surface area contributed by atoms with Gasteiger partial charge in [-0.15, -0.1) is 11.6 Å². The molecule has 1 heteroatoms. The van der Waals surface area contributed by atoms with Crippen molar-refractivity contribution in [3.63, 3.8) is 0 Å². The molecule has 0 radical (unpaired) electrons. The van der Waals surface area contributed by atoms with Gasteiger partial charge < -0.3 is 0 Å². The average molecular weight is 299 g/mol. The lowest BCUT2D eigenvalue weighted by atomic mass is 9.83. The fraction of sp³-hybridized carbons (Fsp3) is 0.500. The Kier molecular flexibility index (Phi) is 3.46. The number of fused-ring (bicyclic) bond motifs is 3. The minimum Gasteiger partial charge on any atom is -0.118 e. The molecule has 0 aromatic heterocycles. The van der Waals surface area contributed by atoms with E-state index < -0.39 is 0 Å². The molecule has 4 rings (SSSR count). The number of aryl methyl sites for hydroxylation is 1. The van der Waals surface area contributed by atoms with Crippen molar-refractivity contribution in [1.82, 2.24) is 0 Å². The number of rotatable bonds is 3. The largest absolute Gasteiger partial charge is 0.118 e. The molecule has 2 aliphatic carbocycles. The van der Waals surface area contributed by atoms with Crippen LogP contribution in [0.4, 0.5) is 0 Å². The summed E-state index contributed by atoms with van der Waals surface area (Å²) in [4.78, 5) is 0. The number of halogens is 1. The third-order valence-corrected chi connectivity index (χ3v) is 6.32. The fourth-order valence-corrected chi connectivity index (χ4v) is 5.22. The first kappa shape index (κ1) is 13.6. The van der Waals surface area contributed by atoms with Crippen molar-refractivity contribution in [3.8, 4) is 0 Å². The average Bonchev–Trinajstić information content (AvgIpc) is 3.10. The molecule has 0 aliphatic heterocycles. The van der Waals surface area contributed by atoms with E-state index in [4.69, 9.17) is 11.6 Å². The summed E-state index contributed by atoms with van der Waals surface area (Å²) in [5, 5.41) is 2.87. The highest BCUT2D eigenvalue weighted by atomic mass is 35.5. The van der Waals surface area contributed by atoms with Crippen LogP contribution in [-0.2, 0) is 0 Å². The summed E-state index contributed by atoms with van der Waals surface area (Å²) in [6.45, 7) is 2.19. The Hall–Kier alpha value is -1.01. The Labute approximate surface area is 132 Å². The molecule has 4 atom stereocenters. The normalized spacial score (nSPS) is 29.1. The van der Waals surface area contributed by atoms with E-state index in [1.54, 1.807) is 0 Å².